The van der Waals surface area contributed by atoms with E-state index in [1.165, 1.54) is 12.0 Å². The Morgan fingerprint density at radius 3 is 2.93 bits per heavy atom. The average molecular weight is 226 g/mol. The molecular formula is C12H16ClNO. The molecule has 1 aromatic rings. The smallest absolute Gasteiger partial charge is 0.134 e. The molecule has 2 rings (SSSR count). The highest BCUT2D eigenvalue weighted by Gasteiger charge is 2.25. The van der Waals surface area contributed by atoms with Crippen LogP contribution in [-0.4, -0.2) is 10.1 Å². The number of aliphatic hydroxyl groups excluding tert-OH is 1. The third kappa shape index (κ3) is 1.88. The van der Waals surface area contributed by atoms with Gasteiger partial charge in [0.2, 0.25) is 0 Å². The van der Waals surface area contributed by atoms with Gasteiger partial charge in [0, 0.05) is 17.2 Å². The third-order valence-electron chi connectivity index (χ3n) is 3.49. The van der Waals surface area contributed by atoms with Crippen LogP contribution in [0.15, 0.2) is 6.07 Å². The van der Waals surface area contributed by atoms with Crippen LogP contribution in [0.2, 0.25) is 5.15 Å². The molecule has 0 saturated carbocycles. The topological polar surface area (TPSA) is 33.1 Å². The normalized spacial score (nSPS) is 25.1. The van der Waals surface area contributed by atoms with Gasteiger partial charge in [-0.2, -0.15) is 0 Å². The van der Waals surface area contributed by atoms with Gasteiger partial charge in [-0.15, -0.1) is 0 Å². The fourth-order valence-corrected chi connectivity index (χ4v) is 2.41. The molecule has 0 amide bonds. The average Bonchev–Trinajstić information content (AvgIpc) is 2.24. The maximum atomic E-state index is 9.11. The summed E-state index contributed by atoms with van der Waals surface area (Å²) in [5.41, 5.74) is 3.13. The van der Waals surface area contributed by atoms with Gasteiger partial charge in [-0.25, -0.2) is 4.98 Å². The fourth-order valence-electron chi connectivity index (χ4n) is 2.20. The zero-order chi connectivity index (χ0) is 11.0. The van der Waals surface area contributed by atoms with Crippen molar-refractivity contribution in [2.45, 2.75) is 39.2 Å². The minimum absolute atomic E-state index is 0.0248. The first kappa shape index (κ1) is 10.9. The van der Waals surface area contributed by atoms with Gasteiger partial charge < -0.3 is 5.11 Å². The van der Waals surface area contributed by atoms with Crippen molar-refractivity contribution in [2.24, 2.45) is 5.92 Å². The molecule has 0 radical (unpaired) electrons. The standard InChI is InChI=1S/C12H16ClNO/c1-7-3-4-9-5-10(6-15)12(13)14-11(9)8(7)2/h5,7-8,15H,3-4,6H2,1-2H3. The summed E-state index contributed by atoms with van der Waals surface area (Å²) in [5, 5.41) is 9.57. The molecule has 15 heavy (non-hydrogen) atoms. The maximum absolute atomic E-state index is 9.11. The number of aliphatic hydroxyl groups is 1. The van der Waals surface area contributed by atoms with Crippen LogP contribution in [0, 0.1) is 5.92 Å². The van der Waals surface area contributed by atoms with Crippen molar-refractivity contribution in [3.8, 4) is 0 Å². The predicted molar refractivity (Wildman–Crippen MR) is 61.1 cm³/mol. The third-order valence-corrected chi connectivity index (χ3v) is 3.81. The Labute approximate surface area is 95.3 Å². The van der Waals surface area contributed by atoms with E-state index >= 15 is 0 Å². The zero-order valence-corrected chi connectivity index (χ0v) is 9.88. The molecule has 0 fully saturated rings. The number of hydrogen-bond donors (Lipinski definition) is 1. The van der Waals surface area contributed by atoms with Gasteiger partial charge in [-0.05, 0) is 30.4 Å². The number of nitrogens with zero attached hydrogens (tertiary/aromatic N) is 1. The molecule has 0 aromatic carbocycles. The van der Waals surface area contributed by atoms with Crippen LogP contribution in [0.5, 0.6) is 0 Å². The summed E-state index contributed by atoms with van der Waals surface area (Å²) in [6, 6.07) is 2.01. The summed E-state index contributed by atoms with van der Waals surface area (Å²) < 4.78 is 0. The minimum Gasteiger partial charge on any atom is -0.392 e. The van der Waals surface area contributed by atoms with Gasteiger partial charge in [-0.3, -0.25) is 0 Å². The monoisotopic (exact) mass is 225 g/mol. The van der Waals surface area contributed by atoms with E-state index in [0.29, 0.717) is 17.0 Å². The summed E-state index contributed by atoms with van der Waals surface area (Å²) >= 11 is 6.00. The molecule has 2 nitrogen and oxygen atoms in total. The molecule has 1 aliphatic rings. The molecule has 1 N–H and O–H groups in total. The summed E-state index contributed by atoms with van der Waals surface area (Å²) in [7, 11) is 0. The molecule has 1 aromatic heterocycles. The van der Waals surface area contributed by atoms with Gasteiger partial charge in [0.1, 0.15) is 5.15 Å². The summed E-state index contributed by atoms with van der Waals surface area (Å²) in [6.45, 7) is 4.43. The number of pyridine rings is 1. The van der Waals surface area contributed by atoms with Crippen LogP contribution in [0.25, 0.3) is 0 Å². The Morgan fingerprint density at radius 2 is 2.27 bits per heavy atom. The lowest BCUT2D eigenvalue weighted by atomic mass is 9.80. The minimum atomic E-state index is -0.0248. The van der Waals surface area contributed by atoms with Crippen LogP contribution in [-0.2, 0) is 13.0 Å². The predicted octanol–water partition coefficient (Wildman–Crippen LogP) is 2.91. The van der Waals surface area contributed by atoms with Crippen LogP contribution < -0.4 is 0 Å². The number of aryl methyl sites for hydroxylation is 1. The van der Waals surface area contributed by atoms with Crippen molar-refractivity contribution >= 4 is 11.6 Å². The van der Waals surface area contributed by atoms with Gasteiger partial charge >= 0.3 is 0 Å². The van der Waals surface area contributed by atoms with E-state index in [2.05, 4.69) is 18.8 Å². The molecule has 1 heterocycles. The lowest BCUT2D eigenvalue weighted by molar-refractivity contribution is 0.281. The van der Waals surface area contributed by atoms with E-state index in [9.17, 15) is 0 Å². The fraction of sp³-hybridized carbons (Fsp3) is 0.583. The number of rotatable bonds is 1. The number of fused-ring (bicyclic) bond motifs is 1. The van der Waals surface area contributed by atoms with E-state index in [-0.39, 0.29) is 6.61 Å². The van der Waals surface area contributed by atoms with Gasteiger partial charge in [0.15, 0.2) is 0 Å². The van der Waals surface area contributed by atoms with Crippen molar-refractivity contribution in [1.82, 2.24) is 4.98 Å². The van der Waals surface area contributed by atoms with E-state index < -0.39 is 0 Å². The quantitative estimate of drug-likeness (QED) is 0.746. The van der Waals surface area contributed by atoms with Gasteiger partial charge in [0.25, 0.3) is 0 Å². The highest BCUT2D eigenvalue weighted by Crippen LogP contribution is 2.35. The molecule has 82 valence electrons. The molecule has 2 atom stereocenters. The Morgan fingerprint density at radius 1 is 1.53 bits per heavy atom. The van der Waals surface area contributed by atoms with E-state index in [1.54, 1.807) is 0 Å². The summed E-state index contributed by atoms with van der Waals surface area (Å²) in [5.74, 6) is 1.14. The van der Waals surface area contributed by atoms with E-state index in [1.807, 2.05) is 6.07 Å². The lowest BCUT2D eigenvalue weighted by Crippen LogP contribution is -2.18. The molecule has 0 spiro atoms. The number of hydrogen-bond acceptors (Lipinski definition) is 2. The molecule has 0 aliphatic heterocycles. The first-order valence-corrected chi connectivity index (χ1v) is 5.80. The van der Waals surface area contributed by atoms with E-state index in [0.717, 1.165) is 17.7 Å². The second-order valence-electron chi connectivity index (χ2n) is 4.45. The Hall–Kier alpha value is -0.600. The van der Waals surface area contributed by atoms with Gasteiger partial charge in [-0.1, -0.05) is 25.4 Å². The molecular weight excluding hydrogens is 210 g/mol. The van der Waals surface area contributed by atoms with Crippen molar-refractivity contribution in [2.75, 3.05) is 0 Å². The van der Waals surface area contributed by atoms with Crippen molar-refractivity contribution in [3.63, 3.8) is 0 Å². The molecule has 0 saturated heterocycles. The molecule has 1 aliphatic carbocycles. The van der Waals surface area contributed by atoms with Crippen LogP contribution in [0.3, 0.4) is 0 Å². The Balaban J connectivity index is 2.47. The largest absolute Gasteiger partial charge is 0.392 e. The SMILES string of the molecule is CC1CCc2cc(CO)c(Cl)nc2C1C. The number of aromatic nitrogens is 1. The van der Waals surface area contributed by atoms with Crippen molar-refractivity contribution < 1.29 is 5.11 Å². The highest BCUT2D eigenvalue weighted by molar-refractivity contribution is 6.30. The highest BCUT2D eigenvalue weighted by atomic mass is 35.5. The van der Waals surface area contributed by atoms with Crippen molar-refractivity contribution in [1.29, 1.82) is 0 Å². The van der Waals surface area contributed by atoms with E-state index in [4.69, 9.17) is 16.7 Å². The first-order valence-electron chi connectivity index (χ1n) is 5.42. The van der Waals surface area contributed by atoms with Crippen LogP contribution in [0.1, 0.15) is 43.0 Å². The summed E-state index contributed by atoms with van der Waals surface area (Å²) in [4.78, 5) is 4.42. The Bertz CT molecular complexity index is 378. The zero-order valence-electron chi connectivity index (χ0n) is 9.13. The lowest BCUT2D eigenvalue weighted by Gasteiger charge is -2.28. The first-order chi connectivity index (χ1) is 7.13. The second-order valence-corrected chi connectivity index (χ2v) is 4.80. The maximum Gasteiger partial charge on any atom is 0.134 e. The van der Waals surface area contributed by atoms with Gasteiger partial charge in [0.05, 0.1) is 6.61 Å². The molecule has 0 bridgehead atoms. The van der Waals surface area contributed by atoms with Crippen LogP contribution in [0.4, 0.5) is 0 Å². The molecule has 2 unspecified atom stereocenters. The molecule has 3 heteroatoms. The Kier molecular flexibility index (Phi) is 2.98. The number of halogens is 1. The van der Waals surface area contributed by atoms with Crippen LogP contribution >= 0.6 is 11.6 Å². The van der Waals surface area contributed by atoms with Crippen molar-refractivity contribution in [3.05, 3.63) is 28.0 Å². The second kappa shape index (κ2) is 4.11. The summed E-state index contributed by atoms with van der Waals surface area (Å²) in [6.07, 6.45) is 2.25.